The fraction of sp³-hybridized carbons (Fsp3) is 0.263. The maximum Gasteiger partial charge on any atom is 0.240 e. The highest BCUT2D eigenvalue weighted by atomic mass is 32.2. The van der Waals surface area contributed by atoms with E-state index in [1.165, 1.54) is 35.9 Å². The third-order valence-corrected chi connectivity index (χ3v) is 5.21. The number of thioether (sulfide) groups is 1. The Balaban J connectivity index is 1.69. The van der Waals surface area contributed by atoms with Gasteiger partial charge in [0.15, 0.2) is 11.6 Å². The van der Waals surface area contributed by atoms with Crippen LogP contribution in [-0.4, -0.2) is 31.2 Å². The average molecular weight is 374 g/mol. The summed E-state index contributed by atoms with van der Waals surface area (Å²) in [5, 5.41) is 2.81. The lowest BCUT2D eigenvalue weighted by molar-refractivity contribution is -0.123. The zero-order chi connectivity index (χ0) is 18.7. The van der Waals surface area contributed by atoms with E-state index in [1.807, 2.05) is 24.3 Å². The molecule has 0 aliphatic carbocycles. The SMILES string of the molecule is COc1ccc(C(C)NC(=O)CN2C(=O)CSc3ccccc32)cc1F. The van der Waals surface area contributed by atoms with Crippen molar-refractivity contribution in [2.75, 3.05) is 24.3 Å². The van der Waals surface area contributed by atoms with Crippen molar-refractivity contribution in [1.29, 1.82) is 0 Å². The number of methoxy groups -OCH3 is 1. The molecule has 0 saturated carbocycles. The normalized spacial score (nSPS) is 14.6. The average Bonchev–Trinajstić information content (AvgIpc) is 2.64. The Morgan fingerprint density at radius 1 is 1.35 bits per heavy atom. The number of para-hydroxylation sites is 1. The predicted molar refractivity (Wildman–Crippen MR) is 99.0 cm³/mol. The molecular weight excluding hydrogens is 355 g/mol. The molecule has 0 spiro atoms. The number of halogens is 1. The van der Waals surface area contributed by atoms with Gasteiger partial charge in [-0.25, -0.2) is 4.39 Å². The van der Waals surface area contributed by atoms with Gasteiger partial charge in [-0.3, -0.25) is 9.59 Å². The molecule has 136 valence electrons. The van der Waals surface area contributed by atoms with Crippen molar-refractivity contribution >= 4 is 29.3 Å². The van der Waals surface area contributed by atoms with Crippen LogP contribution in [0.5, 0.6) is 5.75 Å². The van der Waals surface area contributed by atoms with Gasteiger partial charge in [0.25, 0.3) is 0 Å². The Kier molecular flexibility index (Phi) is 5.46. The molecule has 1 atom stereocenters. The summed E-state index contributed by atoms with van der Waals surface area (Å²) >= 11 is 1.47. The summed E-state index contributed by atoms with van der Waals surface area (Å²) in [6, 6.07) is 11.7. The second kappa shape index (κ2) is 7.78. The van der Waals surface area contributed by atoms with Crippen LogP contribution < -0.4 is 15.0 Å². The Bertz CT molecular complexity index is 843. The van der Waals surface area contributed by atoms with Crippen LogP contribution >= 0.6 is 11.8 Å². The number of carbonyl (C=O) groups excluding carboxylic acids is 2. The van der Waals surface area contributed by atoms with Gasteiger partial charge in [-0.2, -0.15) is 0 Å². The minimum absolute atomic E-state index is 0.0701. The molecule has 26 heavy (non-hydrogen) atoms. The molecule has 1 aliphatic rings. The van der Waals surface area contributed by atoms with Gasteiger partial charge in [0, 0.05) is 4.90 Å². The van der Waals surface area contributed by atoms with Gasteiger partial charge in [0.2, 0.25) is 11.8 Å². The first-order valence-corrected chi connectivity index (χ1v) is 9.13. The number of carbonyl (C=O) groups is 2. The van der Waals surface area contributed by atoms with Crippen molar-refractivity contribution in [1.82, 2.24) is 5.32 Å². The van der Waals surface area contributed by atoms with E-state index in [-0.39, 0.29) is 24.1 Å². The van der Waals surface area contributed by atoms with Crippen molar-refractivity contribution in [3.63, 3.8) is 0 Å². The second-order valence-electron chi connectivity index (χ2n) is 5.92. The maximum absolute atomic E-state index is 13.8. The second-order valence-corrected chi connectivity index (χ2v) is 6.94. The van der Waals surface area contributed by atoms with E-state index in [1.54, 1.807) is 13.0 Å². The highest BCUT2D eigenvalue weighted by Gasteiger charge is 2.26. The Labute approximate surface area is 155 Å². The first-order valence-electron chi connectivity index (χ1n) is 8.14. The molecule has 7 heteroatoms. The van der Waals surface area contributed by atoms with Gasteiger partial charge in [0.05, 0.1) is 24.6 Å². The van der Waals surface area contributed by atoms with Crippen LogP contribution in [0.15, 0.2) is 47.4 Å². The predicted octanol–water partition coefficient (Wildman–Crippen LogP) is 3.15. The highest BCUT2D eigenvalue weighted by Crippen LogP contribution is 2.34. The number of benzene rings is 2. The molecule has 0 radical (unpaired) electrons. The quantitative estimate of drug-likeness (QED) is 0.874. The molecule has 5 nitrogen and oxygen atoms in total. The number of nitrogens with zero attached hydrogens (tertiary/aromatic N) is 1. The molecule has 2 amide bonds. The standard InChI is InChI=1S/C19H19FN2O3S/c1-12(13-7-8-16(25-2)14(20)9-13)21-18(23)10-22-15-5-3-4-6-17(15)26-11-19(22)24/h3-9,12H,10-11H2,1-2H3,(H,21,23). The van der Waals surface area contributed by atoms with E-state index >= 15 is 0 Å². The molecule has 0 saturated heterocycles. The zero-order valence-corrected chi connectivity index (χ0v) is 15.3. The van der Waals surface area contributed by atoms with Crippen molar-refractivity contribution in [2.24, 2.45) is 0 Å². The summed E-state index contributed by atoms with van der Waals surface area (Å²) in [5.74, 6) is -0.428. The molecule has 3 rings (SSSR count). The number of fused-ring (bicyclic) bond motifs is 1. The molecule has 1 heterocycles. The van der Waals surface area contributed by atoms with Crippen molar-refractivity contribution in [3.8, 4) is 5.75 Å². The largest absolute Gasteiger partial charge is 0.494 e. The smallest absolute Gasteiger partial charge is 0.240 e. The van der Waals surface area contributed by atoms with Gasteiger partial charge in [-0.1, -0.05) is 18.2 Å². The van der Waals surface area contributed by atoms with Crippen LogP contribution in [0.3, 0.4) is 0 Å². The number of ether oxygens (including phenoxy) is 1. The van der Waals surface area contributed by atoms with E-state index in [0.29, 0.717) is 11.3 Å². The lowest BCUT2D eigenvalue weighted by Crippen LogP contribution is -2.43. The molecular formula is C19H19FN2O3S. The van der Waals surface area contributed by atoms with Crippen LogP contribution in [0.2, 0.25) is 0 Å². The molecule has 2 aromatic rings. The zero-order valence-electron chi connectivity index (χ0n) is 14.5. The molecule has 1 unspecified atom stereocenters. The minimum atomic E-state index is -0.483. The number of anilines is 1. The summed E-state index contributed by atoms with van der Waals surface area (Å²) in [4.78, 5) is 27.1. The van der Waals surface area contributed by atoms with Gasteiger partial charge in [-0.05, 0) is 36.8 Å². The fourth-order valence-corrected chi connectivity index (χ4v) is 3.73. The molecule has 1 N–H and O–H groups in total. The lowest BCUT2D eigenvalue weighted by atomic mass is 10.1. The van der Waals surface area contributed by atoms with Crippen molar-refractivity contribution in [2.45, 2.75) is 17.9 Å². The summed E-state index contributed by atoms with van der Waals surface area (Å²) < 4.78 is 18.7. The summed E-state index contributed by atoms with van der Waals surface area (Å²) in [6.07, 6.45) is 0. The van der Waals surface area contributed by atoms with Crippen molar-refractivity contribution in [3.05, 3.63) is 53.8 Å². The van der Waals surface area contributed by atoms with Crippen molar-refractivity contribution < 1.29 is 18.7 Å². The molecule has 0 bridgehead atoms. The number of hydrogen-bond donors (Lipinski definition) is 1. The molecule has 0 fully saturated rings. The summed E-state index contributed by atoms with van der Waals surface area (Å²) in [6.45, 7) is 1.69. The van der Waals surface area contributed by atoms with Crippen LogP contribution in [0.4, 0.5) is 10.1 Å². The number of rotatable bonds is 5. The highest BCUT2D eigenvalue weighted by molar-refractivity contribution is 8.00. The van der Waals surface area contributed by atoms with Gasteiger partial charge < -0.3 is 15.0 Å². The van der Waals surface area contributed by atoms with E-state index in [9.17, 15) is 14.0 Å². The van der Waals surface area contributed by atoms with E-state index in [2.05, 4.69) is 5.32 Å². The fourth-order valence-electron chi connectivity index (χ4n) is 2.79. The third-order valence-electron chi connectivity index (χ3n) is 4.16. The maximum atomic E-state index is 13.8. The van der Waals surface area contributed by atoms with Crippen LogP contribution in [0.25, 0.3) is 0 Å². The summed E-state index contributed by atoms with van der Waals surface area (Å²) in [5.41, 5.74) is 1.37. The lowest BCUT2D eigenvalue weighted by Gasteiger charge is -2.28. The van der Waals surface area contributed by atoms with Crippen LogP contribution in [0.1, 0.15) is 18.5 Å². The van der Waals surface area contributed by atoms with Gasteiger partial charge in [0.1, 0.15) is 6.54 Å². The topological polar surface area (TPSA) is 58.6 Å². The van der Waals surface area contributed by atoms with Gasteiger partial charge in [-0.15, -0.1) is 11.8 Å². The third kappa shape index (κ3) is 3.83. The first-order chi connectivity index (χ1) is 12.5. The summed E-state index contributed by atoms with van der Waals surface area (Å²) in [7, 11) is 1.40. The van der Waals surface area contributed by atoms with Crippen LogP contribution in [0, 0.1) is 5.82 Å². The number of hydrogen-bond acceptors (Lipinski definition) is 4. The van der Waals surface area contributed by atoms with E-state index in [4.69, 9.17) is 4.74 Å². The Morgan fingerprint density at radius 3 is 2.85 bits per heavy atom. The monoisotopic (exact) mass is 374 g/mol. The molecule has 2 aromatic carbocycles. The van der Waals surface area contributed by atoms with Gasteiger partial charge >= 0.3 is 0 Å². The molecule has 1 aliphatic heterocycles. The molecule has 0 aromatic heterocycles. The van der Waals surface area contributed by atoms with Crippen LogP contribution in [-0.2, 0) is 9.59 Å². The number of nitrogens with one attached hydrogen (secondary N) is 1. The Hall–Kier alpha value is -2.54. The first kappa shape index (κ1) is 18.3. The van der Waals surface area contributed by atoms with E-state index < -0.39 is 11.9 Å². The van der Waals surface area contributed by atoms with E-state index in [0.717, 1.165) is 10.6 Å². The Morgan fingerprint density at radius 2 is 2.12 bits per heavy atom. The minimum Gasteiger partial charge on any atom is -0.494 e. The number of amides is 2.